The van der Waals surface area contributed by atoms with E-state index in [1.807, 2.05) is 25.8 Å². The van der Waals surface area contributed by atoms with Crippen molar-refractivity contribution in [3.05, 3.63) is 33.1 Å². The minimum absolute atomic E-state index is 0.303. The number of aliphatic hydroxyl groups excluding tert-OH is 1. The predicted molar refractivity (Wildman–Crippen MR) is 88.3 cm³/mol. The Balaban J connectivity index is 0.00000232. The fourth-order valence-electron chi connectivity index (χ4n) is 1.38. The van der Waals surface area contributed by atoms with Gasteiger partial charge in [-0.05, 0) is 18.2 Å². The van der Waals surface area contributed by atoms with E-state index in [4.69, 9.17) is 21.1 Å². The topological polar surface area (TPSA) is 123 Å². The van der Waals surface area contributed by atoms with Crippen LogP contribution >= 0.6 is 6.72 Å². The first kappa shape index (κ1) is 22.1. The van der Waals surface area contributed by atoms with E-state index in [9.17, 15) is 19.6 Å². The molecule has 9 nitrogen and oxygen atoms in total. The van der Waals surface area contributed by atoms with E-state index < -0.39 is 30.7 Å². The average Bonchev–Trinajstić information content (AvgIpc) is 2.49. The van der Waals surface area contributed by atoms with Gasteiger partial charge in [-0.1, -0.05) is 27.2 Å². The van der Waals surface area contributed by atoms with Gasteiger partial charge in [0, 0.05) is 19.4 Å². The Kier molecular flexibility index (Phi) is 10.4. The second-order valence-electron chi connectivity index (χ2n) is 3.95. The maximum atomic E-state index is 11.5. The van der Waals surface area contributed by atoms with Crippen LogP contribution in [0.15, 0.2) is 21.9 Å². The van der Waals surface area contributed by atoms with Crippen LogP contribution in [-0.2, 0) is 25.6 Å². The third-order valence-corrected chi connectivity index (χ3v) is 4.04. The highest BCUT2D eigenvalue weighted by atomic mass is 32.5. The number of aliphatic hydroxyl groups is 1. The molecule has 0 aliphatic heterocycles. The number of aromatic amines is 1. The van der Waals surface area contributed by atoms with Crippen LogP contribution in [-0.4, -0.2) is 33.0 Å². The van der Waals surface area contributed by atoms with Crippen molar-refractivity contribution in [2.75, 3.05) is 7.11 Å². The van der Waals surface area contributed by atoms with E-state index >= 15 is 0 Å². The average molecular weight is 370 g/mol. The first-order valence-corrected chi connectivity index (χ1v) is 9.60. The van der Waals surface area contributed by atoms with Crippen LogP contribution in [0.3, 0.4) is 0 Å². The molecule has 11 heteroatoms. The molecule has 1 heterocycles. The monoisotopic (exact) mass is 370 g/mol. The summed E-state index contributed by atoms with van der Waals surface area (Å²) in [7, 11) is 1.19. The molecule has 3 N–H and O–H groups in total. The van der Waals surface area contributed by atoms with Gasteiger partial charge < -0.3 is 19.3 Å². The molecule has 0 saturated heterocycles. The van der Waals surface area contributed by atoms with Gasteiger partial charge in [-0.2, -0.15) is 0 Å². The zero-order valence-electron chi connectivity index (χ0n) is 13.5. The smallest absolute Gasteiger partial charge is 0.332 e. The molecule has 23 heavy (non-hydrogen) atoms. The highest BCUT2D eigenvalue weighted by Crippen LogP contribution is 2.45. The van der Waals surface area contributed by atoms with E-state index in [0.29, 0.717) is 12.8 Å². The van der Waals surface area contributed by atoms with Crippen LogP contribution in [0, 0.1) is 0 Å². The maximum absolute atomic E-state index is 11.5. The molecule has 1 aromatic rings. The van der Waals surface area contributed by atoms with Crippen molar-refractivity contribution in [1.29, 1.82) is 0 Å². The number of hydrogen-bond acceptors (Lipinski definition) is 7. The lowest BCUT2D eigenvalue weighted by atomic mass is 10.3. The number of aromatic nitrogens is 2. The second-order valence-corrected chi connectivity index (χ2v) is 6.85. The summed E-state index contributed by atoms with van der Waals surface area (Å²) in [6.45, 7) is 2.35. The lowest BCUT2D eigenvalue weighted by Crippen LogP contribution is -2.34. The fraction of sp³-hybridized carbons (Fsp3) is 0.667. The number of nitrogens with zero attached hydrogens (tertiary/aromatic N) is 1. The third-order valence-electron chi connectivity index (χ3n) is 2.37. The quantitative estimate of drug-likeness (QED) is 0.458. The molecular weight excluding hydrogens is 347 g/mol. The summed E-state index contributed by atoms with van der Waals surface area (Å²) < 4.78 is 15.6. The third kappa shape index (κ3) is 7.98. The van der Waals surface area contributed by atoms with E-state index in [0.717, 1.165) is 16.8 Å². The Labute approximate surface area is 139 Å². The molecule has 0 radical (unpaired) electrons. The molecule has 0 amide bonds. The van der Waals surface area contributed by atoms with Gasteiger partial charge in [-0.25, -0.2) is 4.79 Å². The summed E-state index contributed by atoms with van der Waals surface area (Å²) in [5, 5.41) is 9.85. The molecule has 0 aromatic carbocycles. The van der Waals surface area contributed by atoms with Gasteiger partial charge in [-0.3, -0.25) is 18.9 Å². The molecule has 1 rings (SSSR count). The molecule has 3 atom stereocenters. The first-order chi connectivity index (χ1) is 10.8. The second kappa shape index (κ2) is 10.8. The molecule has 0 spiro atoms. The Bertz CT molecular complexity index is 618. The zero-order chi connectivity index (χ0) is 18.0. The zero-order valence-corrected chi connectivity index (χ0v) is 15.2. The highest BCUT2D eigenvalue weighted by molar-refractivity contribution is 8.07. The Hall–Kier alpha value is -0.870. The maximum Gasteiger partial charge on any atom is 0.332 e. The van der Waals surface area contributed by atoms with Crippen LogP contribution in [0.1, 0.15) is 40.0 Å². The van der Waals surface area contributed by atoms with Crippen LogP contribution in [0.4, 0.5) is 0 Å². The Morgan fingerprint density at radius 2 is 2.04 bits per heavy atom. The van der Waals surface area contributed by atoms with Gasteiger partial charge in [0.05, 0.1) is 0 Å². The predicted octanol–water partition coefficient (Wildman–Crippen LogP) is 1.03. The van der Waals surface area contributed by atoms with Crippen molar-refractivity contribution < 1.29 is 23.8 Å². The van der Waals surface area contributed by atoms with Crippen molar-refractivity contribution in [3.8, 4) is 0 Å². The van der Waals surface area contributed by atoms with Crippen molar-refractivity contribution in [2.24, 2.45) is 0 Å². The minimum Gasteiger partial charge on any atom is -0.351 e. The van der Waals surface area contributed by atoms with Crippen molar-refractivity contribution in [3.63, 3.8) is 0 Å². The van der Waals surface area contributed by atoms with Gasteiger partial charge in [0.25, 0.3) is 5.56 Å². The van der Waals surface area contributed by atoms with Gasteiger partial charge >= 0.3 is 12.4 Å². The van der Waals surface area contributed by atoms with Crippen molar-refractivity contribution in [1.82, 2.24) is 9.55 Å². The first-order valence-electron chi connectivity index (χ1n) is 7.01. The summed E-state index contributed by atoms with van der Waals surface area (Å²) >= 11 is 4.69. The van der Waals surface area contributed by atoms with Gasteiger partial charge in [0.2, 0.25) is 6.41 Å². The fourth-order valence-corrected chi connectivity index (χ4v) is 2.20. The number of rotatable bonds is 8. The summed E-state index contributed by atoms with van der Waals surface area (Å²) in [5.74, 6) is 0. The molecular formula is C12H23N2O7PS. The minimum atomic E-state index is -3.47. The molecule has 1 aromatic heterocycles. The van der Waals surface area contributed by atoms with Crippen LogP contribution in [0.5, 0.6) is 0 Å². The van der Waals surface area contributed by atoms with Crippen LogP contribution in [0.25, 0.3) is 0 Å². The van der Waals surface area contributed by atoms with E-state index in [1.54, 1.807) is 0 Å². The standard InChI is InChI=1S/C10H17N2O7PS.C2H6/c1-3-4-8(19-20(16,21)17-2)18-10(15)12-6-5-7(13)11-9(12)14;1-2/h5-6,8,10,15H,3-4H2,1-2H3,(H,16,21)(H,11,13,14);1-2H3/t8-,10-,20?;/m0./s1. The van der Waals surface area contributed by atoms with Crippen molar-refractivity contribution >= 4 is 18.5 Å². The number of ether oxygens (including phenoxy) is 1. The molecule has 0 aliphatic rings. The molecule has 0 fully saturated rings. The van der Waals surface area contributed by atoms with E-state index in [-0.39, 0.29) is 0 Å². The molecule has 134 valence electrons. The highest BCUT2D eigenvalue weighted by Gasteiger charge is 2.24. The SMILES string of the molecule is CC.CCC[C@@H](O[C@H](O)n1ccc(=O)[nH]c1=O)OP(O)(=S)OC. The Morgan fingerprint density at radius 3 is 2.52 bits per heavy atom. The van der Waals surface area contributed by atoms with Gasteiger partial charge in [0.15, 0.2) is 6.29 Å². The van der Waals surface area contributed by atoms with Gasteiger partial charge in [0.1, 0.15) is 0 Å². The summed E-state index contributed by atoms with van der Waals surface area (Å²) in [5.41, 5.74) is -1.45. The number of H-pyrrole nitrogens is 1. The lowest BCUT2D eigenvalue weighted by molar-refractivity contribution is -0.239. The van der Waals surface area contributed by atoms with Crippen LogP contribution < -0.4 is 11.2 Å². The number of nitrogens with one attached hydrogen (secondary N) is 1. The normalized spacial score (nSPS) is 15.9. The summed E-state index contributed by atoms with van der Waals surface area (Å²) in [6, 6.07) is 1.05. The Morgan fingerprint density at radius 1 is 1.43 bits per heavy atom. The molecule has 0 bridgehead atoms. The van der Waals surface area contributed by atoms with Gasteiger partial charge in [-0.15, -0.1) is 0 Å². The number of hydrogen-bond donors (Lipinski definition) is 3. The van der Waals surface area contributed by atoms with E-state index in [1.165, 1.54) is 7.11 Å². The lowest BCUT2D eigenvalue weighted by Gasteiger charge is -2.24. The van der Waals surface area contributed by atoms with E-state index in [2.05, 4.69) is 4.52 Å². The van der Waals surface area contributed by atoms with Crippen LogP contribution in [0.2, 0.25) is 0 Å². The molecule has 0 aliphatic carbocycles. The van der Waals surface area contributed by atoms with Crippen molar-refractivity contribution in [2.45, 2.75) is 46.3 Å². The largest absolute Gasteiger partial charge is 0.351 e. The molecule has 1 unspecified atom stereocenters. The summed E-state index contributed by atoms with van der Waals surface area (Å²) in [6.07, 6.45) is -0.799. The summed E-state index contributed by atoms with van der Waals surface area (Å²) in [4.78, 5) is 34.0. The molecule has 0 saturated carbocycles.